The highest BCUT2D eigenvalue weighted by atomic mass is 15.1. The van der Waals surface area contributed by atoms with Gasteiger partial charge in [-0.1, -0.05) is 27.2 Å². The van der Waals surface area contributed by atoms with E-state index in [9.17, 15) is 0 Å². The van der Waals surface area contributed by atoms with Gasteiger partial charge in [0.15, 0.2) is 0 Å². The summed E-state index contributed by atoms with van der Waals surface area (Å²) in [5, 5.41) is 0. The van der Waals surface area contributed by atoms with Crippen molar-refractivity contribution in [3.05, 3.63) is 24.0 Å². The van der Waals surface area contributed by atoms with E-state index in [1.54, 1.807) is 0 Å². The molecule has 0 radical (unpaired) electrons. The summed E-state index contributed by atoms with van der Waals surface area (Å²) in [6.07, 6.45) is 6.76. The average Bonchev–Trinajstić information content (AvgIpc) is 2.47. The Morgan fingerprint density at radius 2 is 2.00 bits per heavy atom. The van der Waals surface area contributed by atoms with Crippen molar-refractivity contribution >= 4 is 5.69 Å². The van der Waals surface area contributed by atoms with E-state index in [0.717, 1.165) is 25.2 Å². The quantitative estimate of drug-likeness (QED) is 0.902. The minimum absolute atomic E-state index is 0.0683. The molecule has 106 valence electrons. The van der Waals surface area contributed by atoms with Gasteiger partial charge in [-0.3, -0.25) is 4.98 Å². The van der Waals surface area contributed by atoms with Crippen molar-refractivity contribution in [3.63, 3.8) is 0 Å². The maximum Gasteiger partial charge on any atom is 0.0572 e. The first-order valence-electron chi connectivity index (χ1n) is 7.54. The molecule has 1 aromatic rings. The largest absolute Gasteiger partial charge is 0.370 e. The molecule has 1 unspecified atom stereocenters. The van der Waals surface area contributed by atoms with E-state index in [4.69, 9.17) is 5.73 Å². The third-order valence-corrected chi connectivity index (χ3v) is 4.78. The molecule has 0 aromatic carbocycles. The predicted octanol–water partition coefficient (Wildman–Crippen LogP) is 3.51. The van der Waals surface area contributed by atoms with Crippen molar-refractivity contribution in [2.24, 2.45) is 11.1 Å². The first-order chi connectivity index (χ1) is 9.08. The van der Waals surface area contributed by atoms with Gasteiger partial charge in [-0.2, -0.15) is 0 Å². The van der Waals surface area contributed by atoms with Gasteiger partial charge in [-0.05, 0) is 36.8 Å². The molecule has 1 saturated heterocycles. The zero-order chi connectivity index (χ0) is 13.9. The topological polar surface area (TPSA) is 42.1 Å². The molecule has 3 nitrogen and oxygen atoms in total. The predicted molar refractivity (Wildman–Crippen MR) is 81.3 cm³/mol. The van der Waals surface area contributed by atoms with Crippen LogP contribution in [0, 0.1) is 5.41 Å². The molecule has 1 fully saturated rings. The summed E-state index contributed by atoms with van der Waals surface area (Å²) in [6.45, 7) is 9.09. The van der Waals surface area contributed by atoms with Gasteiger partial charge in [0.25, 0.3) is 0 Å². The Labute approximate surface area is 117 Å². The van der Waals surface area contributed by atoms with Gasteiger partial charge in [-0.25, -0.2) is 0 Å². The Kier molecular flexibility index (Phi) is 4.46. The van der Waals surface area contributed by atoms with E-state index in [1.165, 1.54) is 24.9 Å². The molecule has 0 amide bonds. The second-order valence-corrected chi connectivity index (χ2v) is 6.11. The number of rotatable bonds is 4. The van der Waals surface area contributed by atoms with Crippen LogP contribution in [0.2, 0.25) is 0 Å². The monoisotopic (exact) mass is 261 g/mol. The number of nitrogens with two attached hydrogens (primary N) is 1. The highest BCUT2D eigenvalue weighted by Crippen LogP contribution is 2.35. The van der Waals surface area contributed by atoms with Crippen LogP contribution >= 0.6 is 0 Å². The molecule has 1 aliphatic rings. The lowest BCUT2D eigenvalue weighted by Crippen LogP contribution is -2.38. The molecule has 0 aliphatic carbocycles. The van der Waals surface area contributed by atoms with Crippen molar-refractivity contribution in [2.45, 2.75) is 52.5 Å². The minimum Gasteiger partial charge on any atom is -0.370 e. The summed E-state index contributed by atoms with van der Waals surface area (Å²) in [4.78, 5) is 6.96. The van der Waals surface area contributed by atoms with Gasteiger partial charge in [0.1, 0.15) is 0 Å². The maximum atomic E-state index is 6.00. The molecular formula is C16H27N3. The Morgan fingerprint density at radius 1 is 1.32 bits per heavy atom. The lowest BCUT2D eigenvalue weighted by molar-refractivity contribution is 0.238. The van der Waals surface area contributed by atoms with Gasteiger partial charge in [0.05, 0.1) is 17.6 Å². The third-order valence-electron chi connectivity index (χ3n) is 4.78. The Bertz CT molecular complexity index is 391. The van der Waals surface area contributed by atoms with Crippen molar-refractivity contribution in [1.82, 2.24) is 4.98 Å². The first-order valence-corrected chi connectivity index (χ1v) is 7.54. The molecule has 2 N–H and O–H groups in total. The molecule has 19 heavy (non-hydrogen) atoms. The molecule has 1 atom stereocenters. The van der Waals surface area contributed by atoms with Crippen molar-refractivity contribution in [1.29, 1.82) is 0 Å². The summed E-state index contributed by atoms with van der Waals surface area (Å²) >= 11 is 0. The minimum atomic E-state index is 0.0683. The number of piperidine rings is 1. The van der Waals surface area contributed by atoms with Gasteiger partial charge in [0, 0.05) is 19.1 Å². The number of pyridine rings is 1. The number of nitrogens with zero attached hydrogens (tertiary/aromatic N) is 2. The average molecular weight is 261 g/mol. The second kappa shape index (κ2) is 5.91. The Morgan fingerprint density at radius 3 is 2.47 bits per heavy atom. The van der Waals surface area contributed by atoms with E-state index in [2.05, 4.69) is 42.8 Å². The SMILES string of the molecule is CCC(N)c1ccc(N2CCC(C)(CC)CC2)cn1. The van der Waals surface area contributed by atoms with Crippen LogP contribution in [-0.4, -0.2) is 18.1 Å². The number of hydrogen-bond acceptors (Lipinski definition) is 3. The fraction of sp³-hybridized carbons (Fsp3) is 0.688. The Balaban J connectivity index is 2.00. The highest BCUT2D eigenvalue weighted by Gasteiger charge is 2.28. The van der Waals surface area contributed by atoms with Gasteiger partial charge in [0.2, 0.25) is 0 Å². The smallest absolute Gasteiger partial charge is 0.0572 e. The lowest BCUT2D eigenvalue weighted by Gasteiger charge is -2.40. The van der Waals surface area contributed by atoms with Crippen LogP contribution < -0.4 is 10.6 Å². The van der Waals surface area contributed by atoms with E-state index in [1.807, 2.05) is 6.20 Å². The van der Waals surface area contributed by atoms with Crippen LogP contribution in [0.25, 0.3) is 0 Å². The lowest BCUT2D eigenvalue weighted by atomic mass is 9.78. The summed E-state index contributed by atoms with van der Waals surface area (Å²) < 4.78 is 0. The van der Waals surface area contributed by atoms with Crippen LogP contribution in [0.1, 0.15) is 58.2 Å². The molecule has 1 aliphatic heterocycles. The standard InChI is InChI=1S/C16H27N3/c1-4-14(17)15-7-6-13(12-18-15)19-10-8-16(3,5-2)9-11-19/h6-7,12,14H,4-5,8-11,17H2,1-3H3. The zero-order valence-corrected chi connectivity index (χ0v) is 12.5. The van der Waals surface area contributed by atoms with Gasteiger partial charge < -0.3 is 10.6 Å². The van der Waals surface area contributed by atoms with Crippen LogP contribution in [0.15, 0.2) is 18.3 Å². The van der Waals surface area contributed by atoms with E-state index in [0.29, 0.717) is 5.41 Å². The maximum absolute atomic E-state index is 6.00. The van der Waals surface area contributed by atoms with Crippen molar-refractivity contribution < 1.29 is 0 Å². The van der Waals surface area contributed by atoms with Crippen molar-refractivity contribution in [3.8, 4) is 0 Å². The molecule has 2 rings (SSSR count). The highest BCUT2D eigenvalue weighted by molar-refractivity contribution is 5.45. The molecule has 0 bridgehead atoms. The van der Waals surface area contributed by atoms with Crippen LogP contribution in [0.3, 0.4) is 0 Å². The number of aromatic nitrogens is 1. The summed E-state index contributed by atoms with van der Waals surface area (Å²) in [5.74, 6) is 0. The van der Waals surface area contributed by atoms with Gasteiger partial charge in [-0.15, -0.1) is 0 Å². The molecule has 0 spiro atoms. The van der Waals surface area contributed by atoms with E-state index >= 15 is 0 Å². The molecule has 0 saturated carbocycles. The van der Waals surface area contributed by atoms with E-state index < -0.39 is 0 Å². The molecule has 2 heterocycles. The molecule has 3 heteroatoms. The van der Waals surface area contributed by atoms with Crippen LogP contribution in [0.5, 0.6) is 0 Å². The third kappa shape index (κ3) is 3.27. The first kappa shape index (κ1) is 14.3. The molecule has 1 aromatic heterocycles. The molecular weight excluding hydrogens is 234 g/mol. The summed E-state index contributed by atoms with van der Waals surface area (Å²) in [7, 11) is 0. The summed E-state index contributed by atoms with van der Waals surface area (Å²) in [5.41, 5.74) is 8.78. The number of anilines is 1. The summed E-state index contributed by atoms with van der Waals surface area (Å²) in [6, 6.07) is 4.32. The van der Waals surface area contributed by atoms with Crippen molar-refractivity contribution in [2.75, 3.05) is 18.0 Å². The second-order valence-electron chi connectivity index (χ2n) is 6.11. The Hall–Kier alpha value is -1.09. The van der Waals surface area contributed by atoms with Gasteiger partial charge >= 0.3 is 0 Å². The van der Waals surface area contributed by atoms with E-state index in [-0.39, 0.29) is 6.04 Å². The number of hydrogen-bond donors (Lipinski definition) is 1. The normalized spacial score (nSPS) is 20.3. The van der Waals surface area contributed by atoms with Crippen LogP contribution in [0.4, 0.5) is 5.69 Å². The fourth-order valence-electron chi connectivity index (χ4n) is 2.67. The fourth-order valence-corrected chi connectivity index (χ4v) is 2.67. The van der Waals surface area contributed by atoms with Crippen LogP contribution in [-0.2, 0) is 0 Å². The zero-order valence-electron chi connectivity index (χ0n) is 12.5.